The summed E-state index contributed by atoms with van der Waals surface area (Å²) in [5, 5.41) is 6.41. The molecule has 1 aliphatic carbocycles. The summed E-state index contributed by atoms with van der Waals surface area (Å²) in [6, 6.07) is 13.1. The maximum absolute atomic E-state index is 12.7. The van der Waals surface area contributed by atoms with Crippen molar-refractivity contribution in [3.8, 4) is 11.4 Å². The van der Waals surface area contributed by atoms with Crippen molar-refractivity contribution in [1.82, 2.24) is 20.6 Å². The molecule has 1 fully saturated rings. The lowest BCUT2D eigenvalue weighted by Gasteiger charge is -2.10. The molecule has 6 heteroatoms. The molecule has 0 bridgehead atoms. The van der Waals surface area contributed by atoms with Gasteiger partial charge in [0.05, 0.1) is 28.0 Å². The van der Waals surface area contributed by atoms with Gasteiger partial charge in [-0.2, -0.15) is 0 Å². The average Bonchev–Trinajstić information content (AvgIpc) is 3.50. The Bertz CT molecular complexity index is 994. The highest BCUT2D eigenvalue weighted by Crippen LogP contribution is 2.25. The molecule has 3 aromatic rings. The number of hydrogen-bond donors (Lipinski definition) is 2. The Morgan fingerprint density at radius 1 is 1.04 bits per heavy atom. The highest BCUT2D eigenvalue weighted by molar-refractivity contribution is 6.07. The first kappa shape index (κ1) is 16.2. The van der Waals surface area contributed by atoms with Crippen LogP contribution in [-0.4, -0.2) is 34.9 Å². The van der Waals surface area contributed by atoms with Crippen molar-refractivity contribution in [2.24, 2.45) is 0 Å². The molecule has 130 valence electrons. The molecule has 1 aliphatic rings. The van der Waals surface area contributed by atoms with E-state index in [1.165, 1.54) is 6.20 Å². The largest absolute Gasteiger partial charge is 0.355 e. The van der Waals surface area contributed by atoms with Crippen molar-refractivity contribution < 1.29 is 9.59 Å². The van der Waals surface area contributed by atoms with Crippen LogP contribution in [0.4, 0.5) is 0 Å². The lowest BCUT2D eigenvalue weighted by Crippen LogP contribution is -2.25. The van der Waals surface area contributed by atoms with Gasteiger partial charge < -0.3 is 10.6 Å². The van der Waals surface area contributed by atoms with Gasteiger partial charge in [0.25, 0.3) is 11.8 Å². The Morgan fingerprint density at radius 3 is 2.54 bits per heavy atom. The lowest BCUT2D eigenvalue weighted by molar-refractivity contribution is 0.0948. The smallest absolute Gasteiger partial charge is 0.252 e. The summed E-state index contributed by atoms with van der Waals surface area (Å²) in [5.74, 6) is -0.283. The molecule has 1 saturated carbocycles. The van der Waals surface area contributed by atoms with Gasteiger partial charge in [-0.05, 0) is 37.1 Å². The number of rotatable bonds is 4. The van der Waals surface area contributed by atoms with Crippen molar-refractivity contribution in [2.45, 2.75) is 18.9 Å². The summed E-state index contributed by atoms with van der Waals surface area (Å²) < 4.78 is 0. The number of aromatic nitrogens is 2. The Labute approximate surface area is 150 Å². The van der Waals surface area contributed by atoms with E-state index in [0.717, 1.165) is 23.7 Å². The molecule has 0 spiro atoms. The van der Waals surface area contributed by atoms with Gasteiger partial charge >= 0.3 is 0 Å². The van der Waals surface area contributed by atoms with Gasteiger partial charge in [0.2, 0.25) is 0 Å². The van der Waals surface area contributed by atoms with Crippen LogP contribution in [0.15, 0.2) is 48.7 Å². The quantitative estimate of drug-likeness (QED) is 0.760. The van der Waals surface area contributed by atoms with Crippen LogP contribution < -0.4 is 10.6 Å². The summed E-state index contributed by atoms with van der Waals surface area (Å²) in [6.45, 7) is 0. The van der Waals surface area contributed by atoms with Gasteiger partial charge in [-0.15, -0.1) is 0 Å². The molecule has 0 aliphatic heterocycles. The zero-order valence-electron chi connectivity index (χ0n) is 14.3. The van der Waals surface area contributed by atoms with Crippen LogP contribution in [0.5, 0.6) is 0 Å². The zero-order chi connectivity index (χ0) is 18.1. The van der Waals surface area contributed by atoms with Crippen molar-refractivity contribution >= 4 is 22.7 Å². The second-order valence-corrected chi connectivity index (χ2v) is 6.33. The van der Waals surface area contributed by atoms with Crippen molar-refractivity contribution in [2.75, 3.05) is 7.05 Å². The Hall–Kier alpha value is -3.28. The molecule has 2 heterocycles. The SMILES string of the molecule is CNC(=O)c1ccc(-c2cc(C(=O)NC3CC3)c3ccccc3n2)nc1. The van der Waals surface area contributed by atoms with E-state index in [4.69, 9.17) is 0 Å². The monoisotopic (exact) mass is 346 g/mol. The van der Waals surface area contributed by atoms with E-state index in [0.29, 0.717) is 22.5 Å². The second-order valence-electron chi connectivity index (χ2n) is 6.33. The molecule has 2 aromatic heterocycles. The van der Waals surface area contributed by atoms with Crippen LogP contribution in [0, 0.1) is 0 Å². The van der Waals surface area contributed by atoms with E-state index in [1.54, 1.807) is 25.2 Å². The first-order chi connectivity index (χ1) is 12.7. The summed E-state index contributed by atoms with van der Waals surface area (Å²) in [6.07, 6.45) is 3.57. The summed E-state index contributed by atoms with van der Waals surface area (Å²) in [4.78, 5) is 33.3. The highest BCUT2D eigenvalue weighted by Gasteiger charge is 2.25. The van der Waals surface area contributed by atoms with Crippen molar-refractivity contribution in [3.05, 3.63) is 59.8 Å². The zero-order valence-corrected chi connectivity index (χ0v) is 14.3. The molecule has 6 nitrogen and oxygen atoms in total. The van der Waals surface area contributed by atoms with E-state index in [1.807, 2.05) is 24.3 Å². The maximum atomic E-state index is 12.7. The topological polar surface area (TPSA) is 84.0 Å². The predicted octanol–water partition coefficient (Wildman–Crippen LogP) is 2.55. The predicted molar refractivity (Wildman–Crippen MR) is 98.9 cm³/mol. The molecule has 2 amide bonds. The second kappa shape index (κ2) is 6.55. The Balaban J connectivity index is 1.77. The number of para-hydroxylation sites is 1. The third kappa shape index (κ3) is 3.13. The van der Waals surface area contributed by atoms with Crippen LogP contribution in [0.2, 0.25) is 0 Å². The Kier molecular flexibility index (Phi) is 4.08. The fraction of sp³-hybridized carbons (Fsp3) is 0.200. The summed E-state index contributed by atoms with van der Waals surface area (Å²) in [5.41, 5.74) is 3.03. The van der Waals surface area contributed by atoms with Crippen molar-refractivity contribution in [1.29, 1.82) is 0 Å². The molecule has 26 heavy (non-hydrogen) atoms. The van der Waals surface area contributed by atoms with Gasteiger partial charge in [0, 0.05) is 24.7 Å². The number of amides is 2. The van der Waals surface area contributed by atoms with Crippen molar-refractivity contribution in [3.63, 3.8) is 0 Å². The lowest BCUT2D eigenvalue weighted by atomic mass is 10.1. The molecule has 2 N–H and O–H groups in total. The summed E-state index contributed by atoms with van der Waals surface area (Å²) >= 11 is 0. The van der Waals surface area contributed by atoms with Crippen LogP contribution in [-0.2, 0) is 0 Å². The van der Waals surface area contributed by atoms with Crippen LogP contribution in [0.1, 0.15) is 33.6 Å². The fourth-order valence-electron chi connectivity index (χ4n) is 2.81. The number of hydrogen-bond acceptors (Lipinski definition) is 4. The molecule has 4 rings (SSSR count). The number of benzene rings is 1. The van der Waals surface area contributed by atoms with Gasteiger partial charge in [-0.1, -0.05) is 18.2 Å². The van der Waals surface area contributed by atoms with E-state index in [-0.39, 0.29) is 17.9 Å². The fourth-order valence-corrected chi connectivity index (χ4v) is 2.81. The van der Waals surface area contributed by atoms with E-state index in [2.05, 4.69) is 20.6 Å². The molecular formula is C20H18N4O2. The van der Waals surface area contributed by atoms with E-state index in [9.17, 15) is 9.59 Å². The number of nitrogens with zero attached hydrogens (tertiary/aromatic N) is 2. The van der Waals surface area contributed by atoms with Crippen LogP contribution in [0.3, 0.4) is 0 Å². The molecular weight excluding hydrogens is 328 g/mol. The number of nitrogens with one attached hydrogen (secondary N) is 2. The standard InChI is InChI=1S/C20H18N4O2/c1-21-19(25)12-6-9-17(22-11-12)18-10-15(20(26)23-13-7-8-13)14-4-2-3-5-16(14)24-18/h2-6,9-11,13H,7-8H2,1H3,(H,21,25)(H,23,26). The van der Waals surface area contributed by atoms with Gasteiger partial charge in [0.15, 0.2) is 0 Å². The van der Waals surface area contributed by atoms with Crippen LogP contribution >= 0.6 is 0 Å². The number of carbonyl (C=O) groups excluding carboxylic acids is 2. The van der Waals surface area contributed by atoms with Crippen LogP contribution in [0.25, 0.3) is 22.3 Å². The first-order valence-corrected chi connectivity index (χ1v) is 8.55. The normalized spacial score (nSPS) is 13.4. The van der Waals surface area contributed by atoms with E-state index >= 15 is 0 Å². The van der Waals surface area contributed by atoms with Gasteiger partial charge in [-0.25, -0.2) is 4.98 Å². The molecule has 1 aromatic carbocycles. The molecule has 0 radical (unpaired) electrons. The summed E-state index contributed by atoms with van der Waals surface area (Å²) in [7, 11) is 1.58. The van der Waals surface area contributed by atoms with E-state index < -0.39 is 0 Å². The number of pyridine rings is 2. The minimum Gasteiger partial charge on any atom is -0.355 e. The minimum atomic E-state index is -0.194. The maximum Gasteiger partial charge on any atom is 0.252 e. The number of carbonyl (C=O) groups is 2. The number of fused-ring (bicyclic) bond motifs is 1. The third-order valence-corrected chi connectivity index (χ3v) is 4.39. The third-order valence-electron chi connectivity index (χ3n) is 4.39. The molecule has 0 saturated heterocycles. The minimum absolute atomic E-state index is 0.0886. The van der Waals surface area contributed by atoms with Gasteiger partial charge in [0.1, 0.15) is 0 Å². The molecule has 0 atom stereocenters. The highest BCUT2D eigenvalue weighted by atomic mass is 16.2. The average molecular weight is 346 g/mol. The van der Waals surface area contributed by atoms with Gasteiger partial charge in [-0.3, -0.25) is 14.6 Å². The Morgan fingerprint density at radius 2 is 1.85 bits per heavy atom. The molecule has 0 unspecified atom stereocenters. The first-order valence-electron chi connectivity index (χ1n) is 8.55.